The lowest BCUT2D eigenvalue weighted by Crippen LogP contribution is -2.47. The van der Waals surface area contributed by atoms with Crippen LogP contribution in [0.4, 0.5) is 10.2 Å². The van der Waals surface area contributed by atoms with Crippen LogP contribution in [0.15, 0.2) is 49.2 Å². The fourth-order valence-corrected chi connectivity index (χ4v) is 5.23. The summed E-state index contributed by atoms with van der Waals surface area (Å²) in [5.74, 6) is 0.108. The van der Waals surface area contributed by atoms with Crippen molar-refractivity contribution in [3.8, 4) is 11.1 Å². The molecule has 0 saturated carbocycles. The lowest BCUT2D eigenvalue weighted by atomic mass is 9.93. The zero-order chi connectivity index (χ0) is 26.8. The molecule has 0 radical (unpaired) electrons. The topological polar surface area (TPSA) is 118 Å². The fraction of sp³-hybridized carbons (Fsp3) is 0.407. The van der Waals surface area contributed by atoms with Gasteiger partial charge >= 0.3 is 0 Å². The Kier molecular flexibility index (Phi) is 7.39. The number of β-amino-alcohol motifs (C(OH)–C–C–N with tert-alkyl or cyclic N) is 1. The Hall–Kier alpha value is -3.83. The van der Waals surface area contributed by atoms with Crippen LogP contribution in [0.1, 0.15) is 18.9 Å². The van der Waals surface area contributed by atoms with Gasteiger partial charge in [-0.3, -0.25) is 14.4 Å². The summed E-state index contributed by atoms with van der Waals surface area (Å²) in [6, 6.07) is 7.25. The van der Waals surface area contributed by atoms with E-state index in [-0.39, 0.29) is 24.2 Å². The third-order valence-corrected chi connectivity index (χ3v) is 7.28. The van der Waals surface area contributed by atoms with Crippen molar-refractivity contribution in [3.63, 3.8) is 0 Å². The third kappa shape index (κ3) is 5.39. The number of amides is 1. The summed E-state index contributed by atoms with van der Waals surface area (Å²) in [6.07, 6.45) is 7.26. The van der Waals surface area contributed by atoms with Crippen LogP contribution in [0.25, 0.3) is 22.2 Å². The first-order chi connectivity index (χ1) is 18.3. The molecule has 1 amide bonds. The van der Waals surface area contributed by atoms with Crippen LogP contribution in [0.2, 0.25) is 0 Å². The van der Waals surface area contributed by atoms with E-state index in [0.29, 0.717) is 38.3 Å². The highest BCUT2D eigenvalue weighted by atomic mass is 19.1. The number of hydrogen-bond donors (Lipinski definition) is 2. The normalized spacial score (nSPS) is 18.2. The highest BCUT2D eigenvalue weighted by molar-refractivity contribution is 5.87. The van der Waals surface area contributed by atoms with Crippen molar-refractivity contribution in [2.45, 2.75) is 32.5 Å². The van der Waals surface area contributed by atoms with Gasteiger partial charge in [-0.25, -0.2) is 14.4 Å². The van der Waals surface area contributed by atoms with E-state index in [0.717, 1.165) is 34.4 Å². The number of rotatable bonds is 9. The highest BCUT2D eigenvalue weighted by Crippen LogP contribution is 2.29. The second kappa shape index (κ2) is 10.9. The molecule has 1 aliphatic heterocycles. The summed E-state index contributed by atoms with van der Waals surface area (Å²) in [4.78, 5) is 24.2. The van der Waals surface area contributed by atoms with E-state index in [1.807, 2.05) is 58.9 Å². The van der Waals surface area contributed by atoms with Gasteiger partial charge in [-0.1, -0.05) is 12.1 Å². The molecule has 3 N–H and O–H groups in total. The van der Waals surface area contributed by atoms with Crippen LogP contribution in [0, 0.1) is 11.7 Å². The molecule has 5 rings (SSSR count). The maximum Gasteiger partial charge on any atom is 0.231 e. The zero-order valence-corrected chi connectivity index (χ0v) is 21.7. The van der Waals surface area contributed by atoms with Gasteiger partial charge in [-0.15, -0.1) is 0 Å². The number of primary amides is 1. The van der Waals surface area contributed by atoms with Crippen molar-refractivity contribution in [2.75, 3.05) is 31.1 Å². The fourth-order valence-electron chi connectivity index (χ4n) is 5.23. The number of nitrogens with zero attached hydrogens (tertiary/aromatic N) is 7. The number of anilines is 1. The van der Waals surface area contributed by atoms with Crippen LogP contribution < -0.4 is 10.6 Å². The van der Waals surface area contributed by atoms with Gasteiger partial charge < -0.3 is 20.3 Å². The molecule has 0 aliphatic carbocycles. The number of aromatic nitrogens is 5. The van der Waals surface area contributed by atoms with Crippen molar-refractivity contribution >= 4 is 22.8 Å². The van der Waals surface area contributed by atoms with Crippen molar-refractivity contribution in [1.82, 2.24) is 29.2 Å². The van der Waals surface area contributed by atoms with Crippen LogP contribution in [-0.4, -0.2) is 72.5 Å². The van der Waals surface area contributed by atoms with Crippen LogP contribution in [-0.2, 0) is 24.9 Å². The first-order valence-corrected chi connectivity index (χ1v) is 12.8. The summed E-state index contributed by atoms with van der Waals surface area (Å²) in [6.45, 7) is 4.90. The van der Waals surface area contributed by atoms with Gasteiger partial charge in [0.05, 0.1) is 24.2 Å². The minimum atomic E-state index is -0.563. The molecule has 200 valence electrons. The lowest BCUT2D eigenvalue weighted by molar-refractivity contribution is -0.120. The van der Waals surface area contributed by atoms with Crippen LogP contribution in [0.3, 0.4) is 0 Å². The number of halogens is 1. The van der Waals surface area contributed by atoms with Gasteiger partial charge in [-0.05, 0) is 37.6 Å². The molecule has 11 heteroatoms. The predicted octanol–water partition coefficient (Wildman–Crippen LogP) is 2.17. The smallest absolute Gasteiger partial charge is 0.231 e. The van der Waals surface area contributed by atoms with Crippen LogP contribution >= 0.6 is 0 Å². The van der Waals surface area contributed by atoms with Crippen molar-refractivity contribution in [3.05, 3.63) is 60.6 Å². The second-order valence-electron chi connectivity index (χ2n) is 9.94. The summed E-state index contributed by atoms with van der Waals surface area (Å²) < 4.78 is 18.9. The first kappa shape index (κ1) is 25.8. The average molecular weight is 521 g/mol. The molecule has 1 saturated heterocycles. The summed E-state index contributed by atoms with van der Waals surface area (Å²) >= 11 is 0. The molecule has 4 heterocycles. The maximum absolute atomic E-state index is 15.1. The molecule has 3 aromatic heterocycles. The molecule has 4 aromatic rings. The molecule has 10 nitrogen and oxygen atoms in total. The lowest BCUT2D eigenvalue weighted by Gasteiger charge is -2.35. The predicted molar refractivity (Wildman–Crippen MR) is 143 cm³/mol. The number of benzene rings is 1. The maximum atomic E-state index is 15.1. The second-order valence-corrected chi connectivity index (χ2v) is 9.94. The Balaban J connectivity index is 1.33. The summed E-state index contributed by atoms with van der Waals surface area (Å²) in [7, 11) is 1.83. The quantitative estimate of drug-likeness (QED) is 0.347. The van der Waals surface area contributed by atoms with E-state index in [1.54, 1.807) is 16.9 Å². The Morgan fingerprint density at radius 3 is 2.79 bits per heavy atom. The van der Waals surface area contributed by atoms with Gasteiger partial charge in [0, 0.05) is 62.7 Å². The minimum Gasteiger partial charge on any atom is -0.391 e. The molecular formula is C27H33FN8O2. The number of aryl methyl sites for hydroxylation is 1. The third-order valence-electron chi connectivity index (χ3n) is 7.28. The van der Waals surface area contributed by atoms with Crippen molar-refractivity contribution in [1.29, 1.82) is 0 Å². The van der Waals surface area contributed by atoms with E-state index in [2.05, 4.69) is 15.1 Å². The number of likely N-dealkylation sites (tertiary alicyclic amines) is 1. The minimum absolute atomic E-state index is 0.0304. The van der Waals surface area contributed by atoms with Gasteiger partial charge in [0.15, 0.2) is 0 Å². The molecule has 1 fully saturated rings. The summed E-state index contributed by atoms with van der Waals surface area (Å²) in [5.41, 5.74) is 8.31. The number of aliphatic hydroxyl groups is 1. The Morgan fingerprint density at radius 2 is 2.11 bits per heavy atom. The highest BCUT2D eigenvalue weighted by Gasteiger charge is 2.29. The van der Waals surface area contributed by atoms with Gasteiger partial charge in [0.25, 0.3) is 0 Å². The number of aliphatic hydroxyl groups excluding tert-OH is 1. The zero-order valence-electron chi connectivity index (χ0n) is 21.7. The van der Waals surface area contributed by atoms with E-state index in [4.69, 9.17) is 5.73 Å². The number of piperidine rings is 1. The largest absolute Gasteiger partial charge is 0.391 e. The first-order valence-electron chi connectivity index (χ1n) is 12.8. The van der Waals surface area contributed by atoms with Gasteiger partial charge in [0.1, 0.15) is 23.6 Å². The SMILES string of the molecule is CCN(Cc1ccc(-c2cnn(C)c2)cc1F)c1ncnc2c1ccn2CC1CCN(CC(N)=O)C[C@@H]1O. The van der Waals surface area contributed by atoms with Crippen molar-refractivity contribution in [2.24, 2.45) is 18.7 Å². The van der Waals surface area contributed by atoms with Crippen LogP contribution in [0.5, 0.6) is 0 Å². The summed E-state index contributed by atoms with van der Waals surface area (Å²) in [5, 5.41) is 15.7. The van der Waals surface area contributed by atoms with E-state index >= 15 is 4.39 Å². The van der Waals surface area contributed by atoms with Crippen molar-refractivity contribution < 1.29 is 14.3 Å². The molecule has 1 unspecified atom stereocenters. The molecule has 0 bridgehead atoms. The number of hydrogen-bond acceptors (Lipinski definition) is 7. The average Bonchev–Trinajstić information content (AvgIpc) is 3.51. The van der Waals surface area contributed by atoms with Gasteiger partial charge in [-0.2, -0.15) is 5.10 Å². The molecule has 1 aliphatic rings. The Bertz CT molecular complexity index is 1430. The Morgan fingerprint density at radius 1 is 1.26 bits per heavy atom. The Labute approximate surface area is 220 Å². The molecule has 2 atom stereocenters. The molecule has 38 heavy (non-hydrogen) atoms. The van der Waals surface area contributed by atoms with E-state index < -0.39 is 6.10 Å². The molecular weight excluding hydrogens is 487 g/mol. The standard InChI is InChI=1S/C27H33FN8O2/c1-3-35(13-19-5-4-18(10-23(19)28)21-11-32-33(2)12-21)26-22-7-9-36(27(22)31-17-30-26)14-20-6-8-34(15-24(20)37)16-25(29)38/h4-5,7,9-12,17,20,24,37H,3,6,8,13-16H2,1-2H3,(H2,29,38)/t20?,24-/m0/s1. The molecule has 0 spiro atoms. The van der Waals surface area contributed by atoms with E-state index in [9.17, 15) is 9.90 Å². The number of nitrogens with two attached hydrogens (primary N) is 1. The number of fused-ring (bicyclic) bond motifs is 1. The monoisotopic (exact) mass is 520 g/mol. The number of carbonyl (C=O) groups is 1. The molecule has 1 aromatic carbocycles. The van der Waals surface area contributed by atoms with E-state index in [1.165, 1.54) is 6.33 Å². The number of carbonyl (C=O) groups excluding carboxylic acids is 1. The van der Waals surface area contributed by atoms with Gasteiger partial charge in [0.2, 0.25) is 5.91 Å².